The summed E-state index contributed by atoms with van der Waals surface area (Å²) in [6, 6.07) is 10.4. The zero-order valence-corrected chi connectivity index (χ0v) is 24.7. The number of ketones is 1. The molecule has 230 valence electrons. The number of amides is 1. The number of ether oxygens (including phenoxy) is 2. The lowest BCUT2D eigenvalue weighted by molar-refractivity contribution is -0.0629. The summed E-state index contributed by atoms with van der Waals surface area (Å²) in [6.45, 7) is 5.53. The van der Waals surface area contributed by atoms with Crippen LogP contribution < -0.4 is 10.0 Å². The highest BCUT2D eigenvalue weighted by Crippen LogP contribution is 2.35. The lowest BCUT2D eigenvalue weighted by atomic mass is 9.92. The fourth-order valence-corrected chi connectivity index (χ4v) is 6.10. The molecule has 11 nitrogen and oxygen atoms in total. The van der Waals surface area contributed by atoms with Crippen LogP contribution in [-0.2, 0) is 32.8 Å². The number of aromatic nitrogens is 2. The maximum atomic E-state index is 14.7. The molecular weight excluding hydrogens is 584 g/mol. The van der Waals surface area contributed by atoms with Gasteiger partial charge in [-0.25, -0.2) is 13.6 Å². The molecule has 2 aliphatic rings. The average Bonchev–Trinajstić information content (AvgIpc) is 3.53. The van der Waals surface area contributed by atoms with Crippen LogP contribution >= 0.6 is 0 Å². The quantitative estimate of drug-likeness (QED) is 0.368. The molecule has 5 rings (SSSR count). The molecule has 2 N–H and O–H groups in total. The highest BCUT2D eigenvalue weighted by atomic mass is 32.2. The summed E-state index contributed by atoms with van der Waals surface area (Å²) in [6.07, 6.45) is 0.0536. The maximum Gasteiger partial charge on any atom is 0.407 e. The van der Waals surface area contributed by atoms with Crippen LogP contribution in [0.15, 0.2) is 54.7 Å². The second kappa shape index (κ2) is 12.1. The Balaban J connectivity index is 1.26. The summed E-state index contributed by atoms with van der Waals surface area (Å²) in [5.74, 6) is -1.66. The van der Waals surface area contributed by atoms with E-state index in [1.165, 1.54) is 6.20 Å². The Hall–Kier alpha value is -3.72. The number of carbonyl (C=O) groups is 2. The summed E-state index contributed by atoms with van der Waals surface area (Å²) in [7, 11) is -4.10. The number of nitrogens with one attached hydrogen (secondary N) is 2. The lowest BCUT2D eigenvalue weighted by Crippen LogP contribution is -2.52. The van der Waals surface area contributed by atoms with Crippen LogP contribution in [0.2, 0.25) is 0 Å². The van der Waals surface area contributed by atoms with Gasteiger partial charge >= 0.3 is 16.3 Å². The van der Waals surface area contributed by atoms with Crippen molar-refractivity contribution < 1.29 is 36.3 Å². The second-order valence-corrected chi connectivity index (χ2v) is 13.2. The monoisotopic (exact) mass is 617 g/mol. The van der Waals surface area contributed by atoms with Crippen molar-refractivity contribution in [3.8, 4) is 0 Å². The van der Waals surface area contributed by atoms with Gasteiger partial charge in [0.15, 0.2) is 5.78 Å². The summed E-state index contributed by atoms with van der Waals surface area (Å²) in [4.78, 5) is 27.0. The van der Waals surface area contributed by atoms with E-state index in [4.69, 9.17) is 9.47 Å². The molecule has 1 amide bonds. The van der Waals surface area contributed by atoms with Crippen LogP contribution in [0, 0.1) is 11.6 Å². The van der Waals surface area contributed by atoms with E-state index in [-0.39, 0.29) is 24.0 Å². The van der Waals surface area contributed by atoms with Gasteiger partial charge in [0.1, 0.15) is 23.3 Å². The number of alkyl carbamates (subject to hydrolysis) is 1. The highest BCUT2D eigenvalue weighted by molar-refractivity contribution is 7.87. The number of rotatable bonds is 8. The SMILES string of the molecule is CC(C)(C)OC(=O)N[C@H]1C[C@@H](N2Cc3cn(S(=O)(=O)NCC(=O)c4ccccc4)nc3C2)CO[C@@H]1c1cc(F)ccc1F. The Morgan fingerprint density at radius 2 is 1.86 bits per heavy atom. The van der Waals surface area contributed by atoms with Gasteiger partial charge in [0.2, 0.25) is 0 Å². The van der Waals surface area contributed by atoms with Crippen LogP contribution in [-0.4, -0.2) is 65.2 Å². The fraction of sp³-hybridized carbons (Fsp3) is 0.414. The first kappa shape index (κ1) is 30.7. The smallest absolute Gasteiger partial charge is 0.407 e. The minimum absolute atomic E-state index is 0.0102. The van der Waals surface area contributed by atoms with Gasteiger partial charge in [-0.15, -0.1) is 0 Å². The minimum atomic E-state index is -4.10. The van der Waals surface area contributed by atoms with Crippen molar-refractivity contribution in [2.24, 2.45) is 0 Å². The highest BCUT2D eigenvalue weighted by Gasteiger charge is 2.40. The average molecular weight is 618 g/mol. The molecular formula is C29H33F2N5O6S. The zero-order valence-electron chi connectivity index (χ0n) is 23.9. The lowest BCUT2D eigenvalue weighted by Gasteiger charge is -2.40. The molecule has 2 aromatic carbocycles. The molecule has 0 radical (unpaired) electrons. The molecule has 14 heteroatoms. The molecule has 0 spiro atoms. The third kappa shape index (κ3) is 7.26. The van der Waals surface area contributed by atoms with Gasteiger partial charge in [-0.2, -0.15) is 22.3 Å². The third-order valence-corrected chi connectivity index (χ3v) is 8.37. The first-order chi connectivity index (χ1) is 20.3. The van der Waals surface area contributed by atoms with Crippen molar-refractivity contribution in [1.29, 1.82) is 0 Å². The number of nitrogens with zero attached hydrogens (tertiary/aromatic N) is 3. The molecule has 0 bridgehead atoms. The summed E-state index contributed by atoms with van der Waals surface area (Å²) in [5.41, 5.74) is 0.819. The zero-order chi connectivity index (χ0) is 30.9. The van der Waals surface area contributed by atoms with Crippen LogP contribution in [0.5, 0.6) is 0 Å². The van der Waals surface area contributed by atoms with E-state index in [9.17, 15) is 26.8 Å². The van der Waals surface area contributed by atoms with E-state index in [1.807, 2.05) is 4.90 Å². The van der Waals surface area contributed by atoms with Crippen molar-refractivity contribution in [2.45, 2.75) is 64.1 Å². The van der Waals surface area contributed by atoms with E-state index in [0.717, 1.165) is 22.3 Å². The van der Waals surface area contributed by atoms with E-state index >= 15 is 0 Å². The Morgan fingerprint density at radius 1 is 1.12 bits per heavy atom. The Labute approximate surface area is 248 Å². The number of Topliss-reactive ketones (excluding diaryl/α,β-unsaturated/α-hetero) is 1. The molecule has 0 unspecified atom stereocenters. The molecule has 1 saturated heterocycles. The Morgan fingerprint density at radius 3 is 2.56 bits per heavy atom. The molecule has 3 atom stereocenters. The molecule has 1 aromatic heterocycles. The van der Waals surface area contributed by atoms with E-state index in [0.29, 0.717) is 36.3 Å². The predicted molar refractivity (Wildman–Crippen MR) is 151 cm³/mol. The van der Waals surface area contributed by atoms with E-state index in [2.05, 4.69) is 15.1 Å². The third-order valence-electron chi connectivity index (χ3n) is 7.18. The first-order valence-electron chi connectivity index (χ1n) is 13.7. The number of carbonyl (C=O) groups excluding carboxylic acids is 2. The molecule has 3 heterocycles. The molecule has 3 aromatic rings. The second-order valence-electron chi connectivity index (χ2n) is 11.6. The standard InChI is InChI=1S/C29H33F2N5O6S/c1-29(2,3)42-28(38)33-24-12-21(17-41-27(24)22-11-20(30)9-10-23(22)31)35-14-19-15-36(34-25(19)16-35)43(39,40)32-13-26(37)18-7-5-4-6-8-18/h4-11,15,21,24,27,32H,12-14,16-17H2,1-3H3,(H,33,38)/t21-,24+,27-/m1/s1. The van der Waals surface area contributed by atoms with Gasteiger partial charge in [-0.3, -0.25) is 9.69 Å². The van der Waals surface area contributed by atoms with Gasteiger partial charge in [0.05, 0.1) is 24.9 Å². The number of hydrogen-bond donors (Lipinski definition) is 2. The first-order valence-corrected chi connectivity index (χ1v) is 15.2. The van der Waals surface area contributed by atoms with Gasteiger partial charge in [0.25, 0.3) is 0 Å². The van der Waals surface area contributed by atoms with Gasteiger partial charge in [-0.1, -0.05) is 30.3 Å². The number of halogens is 2. The fourth-order valence-electron chi connectivity index (χ4n) is 5.19. The molecule has 0 saturated carbocycles. The van der Waals surface area contributed by atoms with Crippen molar-refractivity contribution in [1.82, 2.24) is 24.1 Å². The van der Waals surface area contributed by atoms with E-state index < -0.39 is 52.2 Å². The molecule has 43 heavy (non-hydrogen) atoms. The van der Waals surface area contributed by atoms with Crippen molar-refractivity contribution in [2.75, 3.05) is 13.2 Å². The van der Waals surface area contributed by atoms with Gasteiger partial charge in [0, 0.05) is 42.0 Å². The predicted octanol–water partition coefficient (Wildman–Crippen LogP) is 3.47. The molecule has 2 aliphatic heterocycles. The topological polar surface area (TPSA) is 132 Å². The number of benzene rings is 2. The Bertz CT molecular complexity index is 1590. The van der Waals surface area contributed by atoms with Crippen LogP contribution in [0.4, 0.5) is 13.6 Å². The summed E-state index contributed by atoms with van der Waals surface area (Å²) in [5, 5.41) is 7.01. The molecule has 1 fully saturated rings. The number of hydrogen-bond acceptors (Lipinski definition) is 8. The van der Waals surface area contributed by atoms with E-state index in [1.54, 1.807) is 51.1 Å². The summed E-state index contributed by atoms with van der Waals surface area (Å²) < 4.78 is 68.9. The minimum Gasteiger partial charge on any atom is -0.444 e. The van der Waals surface area contributed by atoms with Gasteiger partial charge < -0.3 is 14.8 Å². The van der Waals surface area contributed by atoms with Gasteiger partial charge in [-0.05, 0) is 45.4 Å². The van der Waals surface area contributed by atoms with Crippen molar-refractivity contribution in [3.63, 3.8) is 0 Å². The largest absolute Gasteiger partial charge is 0.444 e. The van der Waals surface area contributed by atoms with Crippen LogP contribution in [0.25, 0.3) is 0 Å². The van der Waals surface area contributed by atoms with Crippen molar-refractivity contribution in [3.05, 3.63) is 88.7 Å². The molecule has 0 aliphatic carbocycles. The normalized spacial score (nSPS) is 20.9. The summed E-state index contributed by atoms with van der Waals surface area (Å²) >= 11 is 0. The number of fused-ring (bicyclic) bond motifs is 1. The Kier molecular flexibility index (Phi) is 8.65. The van der Waals surface area contributed by atoms with Crippen molar-refractivity contribution >= 4 is 22.1 Å². The van der Waals surface area contributed by atoms with Crippen LogP contribution in [0.1, 0.15) is 60.5 Å². The maximum absolute atomic E-state index is 14.7. The van der Waals surface area contributed by atoms with Crippen LogP contribution in [0.3, 0.4) is 0 Å².